The standard InChI is InChI=1S/C16H19FN2/c1-10-6-7-12(17)9-16(10)19-11(2)8-13-14(18)4-3-5-15(13)19/h6-9,14H,3-5,18H2,1-2H3. The second-order valence-electron chi connectivity index (χ2n) is 5.45. The van der Waals surface area contributed by atoms with Gasteiger partial charge in [0.2, 0.25) is 0 Å². The third-order valence-corrected chi connectivity index (χ3v) is 4.06. The molecule has 2 nitrogen and oxygen atoms in total. The van der Waals surface area contributed by atoms with E-state index in [1.54, 1.807) is 6.07 Å². The van der Waals surface area contributed by atoms with Crippen molar-refractivity contribution in [3.63, 3.8) is 0 Å². The number of aromatic nitrogens is 1. The van der Waals surface area contributed by atoms with E-state index in [4.69, 9.17) is 5.73 Å². The van der Waals surface area contributed by atoms with Crippen LogP contribution >= 0.6 is 0 Å². The highest BCUT2D eigenvalue weighted by Gasteiger charge is 2.23. The van der Waals surface area contributed by atoms with Gasteiger partial charge >= 0.3 is 0 Å². The maximum absolute atomic E-state index is 13.5. The summed E-state index contributed by atoms with van der Waals surface area (Å²) in [7, 11) is 0. The molecule has 1 heterocycles. The Hall–Kier alpha value is -1.61. The molecule has 2 aromatic rings. The molecule has 0 saturated carbocycles. The van der Waals surface area contributed by atoms with Crippen molar-refractivity contribution < 1.29 is 4.39 Å². The number of fused-ring (bicyclic) bond motifs is 1. The molecule has 1 aromatic carbocycles. The van der Waals surface area contributed by atoms with Crippen LogP contribution in [0.3, 0.4) is 0 Å². The van der Waals surface area contributed by atoms with E-state index in [0.717, 1.165) is 36.2 Å². The Morgan fingerprint density at radius 2 is 2.05 bits per heavy atom. The normalized spacial score (nSPS) is 18.4. The molecule has 1 aromatic heterocycles. The first-order valence-corrected chi connectivity index (χ1v) is 6.81. The molecule has 19 heavy (non-hydrogen) atoms. The van der Waals surface area contributed by atoms with Gasteiger partial charge in [-0.05, 0) is 62.4 Å². The zero-order valence-electron chi connectivity index (χ0n) is 11.4. The summed E-state index contributed by atoms with van der Waals surface area (Å²) in [5.74, 6) is -0.192. The maximum atomic E-state index is 13.5. The monoisotopic (exact) mass is 258 g/mol. The summed E-state index contributed by atoms with van der Waals surface area (Å²) in [6.07, 6.45) is 3.16. The highest BCUT2D eigenvalue weighted by Crippen LogP contribution is 2.33. The minimum absolute atomic E-state index is 0.123. The van der Waals surface area contributed by atoms with Gasteiger partial charge in [-0.3, -0.25) is 0 Å². The van der Waals surface area contributed by atoms with Gasteiger partial charge in [0.25, 0.3) is 0 Å². The molecule has 1 unspecified atom stereocenters. The van der Waals surface area contributed by atoms with Gasteiger partial charge in [0.15, 0.2) is 0 Å². The Balaban J connectivity index is 2.23. The van der Waals surface area contributed by atoms with E-state index in [1.807, 2.05) is 13.0 Å². The molecule has 0 spiro atoms. The van der Waals surface area contributed by atoms with Gasteiger partial charge in [0, 0.05) is 17.4 Å². The minimum Gasteiger partial charge on any atom is -0.324 e. The molecule has 1 atom stereocenters. The fourth-order valence-electron chi connectivity index (χ4n) is 3.10. The van der Waals surface area contributed by atoms with Crippen molar-refractivity contribution in [2.75, 3.05) is 0 Å². The molecule has 0 saturated heterocycles. The predicted molar refractivity (Wildman–Crippen MR) is 75.1 cm³/mol. The Labute approximate surface area is 113 Å². The van der Waals surface area contributed by atoms with E-state index in [9.17, 15) is 4.39 Å². The molecular formula is C16H19FN2. The Morgan fingerprint density at radius 1 is 1.26 bits per heavy atom. The molecule has 0 bridgehead atoms. The molecule has 100 valence electrons. The molecule has 0 aliphatic heterocycles. The van der Waals surface area contributed by atoms with Crippen LogP contribution in [0.5, 0.6) is 0 Å². The molecule has 0 fully saturated rings. The summed E-state index contributed by atoms with van der Waals surface area (Å²) in [4.78, 5) is 0. The lowest BCUT2D eigenvalue weighted by Crippen LogP contribution is -2.18. The highest BCUT2D eigenvalue weighted by atomic mass is 19.1. The Kier molecular flexibility index (Phi) is 2.94. The number of benzene rings is 1. The largest absolute Gasteiger partial charge is 0.324 e. The second kappa shape index (κ2) is 4.49. The van der Waals surface area contributed by atoms with Gasteiger partial charge in [-0.2, -0.15) is 0 Å². The van der Waals surface area contributed by atoms with E-state index in [1.165, 1.54) is 17.3 Å². The van der Waals surface area contributed by atoms with Crippen molar-refractivity contribution in [3.05, 3.63) is 52.6 Å². The first-order valence-electron chi connectivity index (χ1n) is 6.81. The van der Waals surface area contributed by atoms with Crippen molar-refractivity contribution in [3.8, 4) is 5.69 Å². The van der Waals surface area contributed by atoms with Gasteiger partial charge in [0.1, 0.15) is 5.82 Å². The van der Waals surface area contributed by atoms with Crippen LogP contribution in [-0.4, -0.2) is 4.57 Å². The van der Waals surface area contributed by atoms with Crippen molar-refractivity contribution in [2.45, 2.75) is 39.2 Å². The topological polar surface area (TPSA) is 30.9 Å². The molecule has 3 rings (SSSR count). The first-order chi connectivity index (χ1) is 9.08. The lowest BCUT2D eigenvalue weighted by molar-refractivity contribution is 0.559. The van der Waals surface area contributed by atoms with Crippen molar-refractivity contribution in [1.82, 2.24) is 4.57 Å². The van der Waals surface area contributed by atoms with E-state index in [0.29, 0.717) is 0 Å². The number of nitrogens with two attached hydrogens (primary N) is 1. The summed E-state index contributed by atoms with van der Waals surface area (Å²) in [5.41, 5.74) is 11.8. The zero-order chi connectivity index (χ0) is 13.6. The lowest BCUT2D eigenvalue weighted by atomic mass is 9.93. The molecule has 2 N–H and O–H groups in total. The number of rotatable bonds is 1. The maximum Gasteiger partial charge on any atom is 0.125 e. The summed E-state index contributed by atoms with van der Waals surface area (Å²) in [5, 5.41) is 0. The Morgan fingerprint density at radius 3 is 2.84 bits per heavy atom. The summed E-state index contributed by atoms with van der Waals surface area (Å²) < 4.78 is 15.7. The average molecular weight is 258 g/mol. The van der Waals surface area contributed by atoms with Crippen LogP contribution in [0.1, 0.15) is 41.4 Å². The minimum atomic E-state index is -0.192. The lowest BCUT2D eigenvalue weighted by Gasteiger charge is -2.22. The van der Waals surface area contributed by atoms with Crippen molar-refractivity contribution >= 4 is 0 Å². The van der Waals surface area contributed by atoms with Crippen LogP contribution in [-0.2, 0) is 6.42 Å². The van der Waals surface area contributed by atoms with Crippen LogP contribution in [0.2, 0.25) is 0 Å². The van der Waals surface area contributed by atoms with Gasteiger partial charge in [-0.15, -0.1) is 0 Å². The predicted octanol–water partition coefficient (Wildman–Crippen LogP) is 3.57. The van der Waals surface area contributed by atoms with Gasteiger partial charge in [-0.25, -0.2) is 4.39 Å². The van der Waals surface area contributed by atoms with Gasteiger partial charge in [0.05, 0.1) is 5.69 Å². The quantitative estimate of drug-likeness (QED) is 0.833. The average Bonchev–Trinajstić information content (AvgIpc) is 2.70. The zero-order valence-corrected chi connectivity index (χ0v) is 11.4. The molecule has 1 aliphatic rings. The smallest absolute Gasteiger partial charge is 0.125 e. The number of hydrogen-bond acceptors (Lipinski definition) is 1. The van der Waals surface area contributed by atoms with Crippen LogP contribution in [0.15, 0.2) is 24.3 Å². The van der Waals surface area contributed by atoms with Crippen molar-refractivity contribution in [1.29, 1.82) is 0 Å². The fraction of sp³-hybridized carbons (Fsp3) is 0.375. The first kappa shape index (κ1) is 12.4. The summed E-state index contributed by atoms with van der Waals surface area (Å²) in [6.45, 7) is 4.08. The SMILES string of the molecule is Cc1ccc(F)cc1-n1c(C)cc2c1CCCC2N. The van der Waals surface area contributed by atoms with Gasteiger partial charge < -0.3 is 10.3 Å². The number of nitrogens with zero attached hydrogens (tertiary/aromatic N) is 1. The molecule has 0 amide bonds. The highest BCUT2D eigenvalue weighted by molar-refractivity contribution is 5.48. The number of hydrogen-bond donors (Lipinski definition) is 1. The van der Waals surface area contributed by atoms with Crippen molar-refractivity contribution in [2.24, 2.45) is 5.73 Å². The van der Waals surface area contributed by atoms with E-state index < -0.39 is 0 Å². The third-order valence-electron chi connectivity index (χ3n) is 4.06. The molecular weight excluding hydrogens is 239 g/mol. The Bertz CT molecular complexity index is 628. The van der Waals surface area contributed by atoms with E-state index >= 15 is 0 Å². The van der Waals surface area contributed by atoms with Crippen LogP contribution in [0, 0.1) is 19.7 Å². The molecule has 0 radical (unpaired) electrons. The van der Waals surface area contributed by atoms with Crippen LogP contribution < -0.4 is 5.73 Å². The molecule has 1 aliphatic carbocycles. The van der Waals surface area contributed by atoms with Gasteiger partial charge in [-0.1, -0.05) is 6.07 Å². The van der Waals surface area contributed by atoms with E-state index in [2.05, 4.69) is 17.6 Å². The third kappa shape index (κ3) is 1.98. The summed E-state index contributed by atoms with van der Waals surface area (Å²) in [6, 6.07) is 7.24. The van der Waals surface area contributed by atoms with Crippen LogP contribution in [0.25, 0.3) is 5.69 Å². The number of halogens is 1. The summed E-state index contributed by atoms with van der Waals surface area (Å²) >= 11 is 0. The second-order valence-corrected chi connectivity index (χ2v) is 5.45. The van der Waals surface area contributed by atoms with Crippen LogP contribution in [0.4, 0.5) is 4.39 Å². The fourth-order valence-corrected chi connectivity index (χ4v) is 3.10. The number of aryl methyl sites for hydroxylation is 2. The van der Waals surface area contributed by atoms with E-state index in [-0.39, 0.29) is 11.9 Å². The molecule has 3 heteroatoms.